The van der Waals surface area contributed by atoms with Gasteiger partial charge in [0.1, 0.15) is 11.3 Å². The van der Waals surface area contributed by atoms with E-state index >= 15 is 0 Å². The third-order valence-corrected chi connectivity index (χ3v) is 10.1. The molecule has 0 fully saturated rings. The van der Waals surface area contributed by atoms with Crippen LogP contribution in [0.3, 0.4) is 0 Å². The largest absolute Gasteiger partial charge is 0.456 e. The van der Waals surface area contributed by atoms with Crippen LogP contribution in [0, 0.1) is 0 Å². The lowest BCUT2D eigenvalue weighted by Gasteiger charge is -2.30. The highest BCUT2D eigenvalue weighted by Gasteiger charge is 2.54. The van der Waals surface area contributed by atoms with E-state index in [0.29, 0.717) is 0 Å². The average molecular weight is 600 g/mol. The van der Waals surface area contributed by atoms with Gasteiger partial charge in [0, 0.05) is 33.6 Å². The van der Waals surface area contributed by atoms with E-state index in [-0.39, 0.29) is 0 Å². The summed E-state index contributed by atoms with van der Waals surface area (Å²) < 4.78 is 6.67. The molecule has 0 N–H and O–H groups in total. The van der Waals surface area contributed by atoms with Crippen LogP contribution in [0.25, 0.3) is 44.5 Å². The molecule has 47 heavy (non-hydrogen) atoms. The normalized spacial score (nSPS) is 15.3. The van der Waals surface area contributed by atoms with Crippen molar-refractivity contribution < 1.29 is 4.42 Å². The molecule has 0 radical (unpaired) electrons. The Bertz CT molecular complexity index is 2420. The number of nitrogens with zero attached hydrogens (tertiary/aromatic N) is 1. The van der Waals surface area contributed by atoms with Crippen molar-refractivity contribution in [2.75, 3.05) is 4.90 Å². The number of furan rings is 1. The Morgan fingerprint density at radius 3 is 1.66 bits per heavy atom. The summed E-state index contributed by atoms with van der Waals surface area (Å²) in [5, 5.41) is 1.18. The van der Waals surface area contributed by atoms with Gasteiger partial charge in [-0.3, -0.25) is 0 Å². The second kappa shape index (κ2) is 9.94. The number of rotatable bonds is 4. The summed E-state index contributed by atoms with van der Waals surface area (Å²) in [5.74, 6) is 0.987. The van der Waals surface area contributed by atoms with Gasteiger partial charge < -0.3 is 9.32 Å². The van der Waals surface area contributed by atoms with Gasteiger partial charge in [-0.05, 0) is 87.5 Å². The van der Waals surface area contributed by atoms with E-state index in [1.54, 1.807) is 0 Å². The van der Waals surface area contributed by atoms with E-state index in [1.165, 1.54) is 55.5 Å². The monoisotopic (exact) mass is 599 g/mol. The van der Waals surface area contributed by atoms with Crippen molar-refractivity contribution in [2.24, 2.45) is 0 Å². The number of hydrogen-bond donors (Lipinski definition) is 0. The Balaban J connectivity index is 1.17. The molecule has 2 heteroatoms. The highest BCUT2D eigenvalue weighted by Crippen LogP contribution is 2.65. The molecule has 220 valence electrons. The predicted molar refractivity (Wildman–Crippen MR) is 193 cm³/mol. The SMILES string of the molecule is c1ccc(N(c2ccccc2)c2ccc(-c3ccc4c(c3)C3(c5ccccc5-4)c4ccccc4-c4oc5ccccc5c43)cc2)cc1. The van der Waals surface area contributed by atoms with E-state index in [4.69, 9.17) is 4.42 Å². The minimum absolute atomic E-state index is 0.460. The molecule has 2 aliphatic carbocycles. The van der Waals surface area contributed by atoms with Crippen molar-refractivity contribution >= 4 is 28.0 Å². The fraction of sp³-hybridized carbons (Fsp3) is 0.0222. The summed E-state index contributed by atoms with van der Waals surface area (Å²) in [6, 6.07) is 63.4. The van der Waals surface area contributed by atoms with Crippen molar-refractivity contribution in [1.82, 2.24) is 0 Å². The Morgan fingerprint density at radius 1 is 0.404 bits per heavy atom. The van der Waals surface area contributed by atoms with E-state index < -0.39 is 5.41 Å². The average Bonchev–Trinajstić information content (AvgIpc) is 3.76. The number of benzene rings is 7. The third-order valence-electron chi connectivity index (χ3n) is 10.1. The van der Waals surface area contributed by atoms with Crippen LogP contribution in [0.5, 0.6) is 0 Å². The molecule has 1 unspecified atom stereocenters. The quantitative estimate of drug-likeness (QED) is 0.200. The highest BCUT2D eigenvalue weighted by molar-refractivity contribution is 6.02. The lowest BCUT2D eigenvalue weighted by atomic mass is 9.70. The zero-order valence-electron chi connectivity index (χ0n) is 25.6. The first kappa shape index (κ1) is 26.1. The molecule has 8 aromatic rings. The molecule has 1 spiro atoms. The molecular weight excluding hydrogens is 571 g/mol. The van der Waals surface area contributed by atoms with Gasteiger partial charge in [-0.2, -0.15) is 0 Å². The van der Waals surface area contributed by atoms with Gasteiger partial charge in [0.15, 0.2) is 0 Å². The minimum atomic E-state index is -0.460. The first-order chi connectivity index (χ1) is 23.3. The van der Waals surface area contributed by atoms with E-state index in [0.717, 1.165) is 28.4 Å². The summed E-state index contributed by atoms with van der Waals surface area (Å²) in [6.45, 7) is 0. The molecule has 0 saturated heterocycles. The van der Waals surface area contributed by atoms with Crippen molar-refractivity contribution in [3.63, 3.8) is 0 Å². The number of para-hydroxylation sites is 3. The maximum atomic E-state index is 6.67. The summed E-state index contributed by atoms with van der Waals surface area (Å²) in [5.41, 5.74) is 15.2. The predicted octanol–water partition coefficient (Wildman–Crippen LogP) is 11.9. The fourth-order valence-electron chi connectivity index (χ4n) is 8.17. The second-order valence-corrected chi connectivity index (χ2v) is 12.5. The Labute approximate surface area is 273 Å². The van der Waals surface area contributed by atoms with Crippen LogP contribution in [0.1, 0.15) is 22.3 Å². The van der Waals surface area contributed by atoms with Crippen molar-refractivity contribution in [3.05, 3.63) is 198 Å². The van der Waals surface area contributed by atoms with Gasteiger partial charge in [-0.25, -0.2) is 0 Å². The van der Waals surface area contributed by atoms with Gasteiger partial charge in [-0.1, -0.05) is 127 Å². The summed E-state index contributed by atoms with van der Waals surface area (Å²) in [6.07, 6.45) is 0. The van der Waals surface area contributed by atoms with Crippen molar-refractivity contribution in [2.45, 2.75) is 5.41 Å². The number of anilines is 3. The van der Waals surface area contributed by atoms with Gasteiger partial charge in [0.05, 0.1) is 5.41 Å². The first-order valence-corrected chi connectivity index (χ1v) is 16.2. The molecular formula is C45H29NO. The number of fused-ring (bicyclic) bond motifs is 12. The molecule has 0 amide bonds. The Morgan fingerprint density at radius 2 is 0.936 bits per heavy atom. The standard InChI is InChI=1S/C45H29NO/c1-3-13-32(14-4-1)46(33-15-5-2-6-16-33)34-26-23-30(24-27-34)31-25-28-36-35-17-7-10-20-39(35)45(41(36)29-31)40-21-11-8-18-37(40)44-43(45)38-19-9-12-22-42(38)47-44/h1-29H. The fourth-order valence-corrected chi connectivity index (χ4v) is 8.17. The zero-order chi connectivity index (χ0) is 31.0. The molecule has 7 aromatic carbocycles. The topological polar surface area (TPSA) is 16.4 Å². The summed E-state index contributed by atoms with van der Waals surface area (Å²) in [4.78, 5) is 2.30. The minimum Gasteiger partial charge on any atom is -0.456 e. The Hall–Kier alpha value is -6.12. The van der Waals surface area contributed by atoms with Crippen LogP contribution in [0.2, 0.25) is 0 Å². The molecule has 2 aliphatic rings. The van der Waals surface area contributed by atoms with Crippen LogP contribution in [-0.4, -0.2) is 0 Å². The molecule has 0 saturated carbocycles. The van der Waals surface area contributed by atoms with Gasteiger partial charge in [-0.15, -0.1) is 0 Å². The van der Waals surface area contributed by atoms with E-state index in [9.17, 15) is 0 Å². The van der Waals surface area contributed by atoms with Crippen LogP contribution < -0.4 is 4.90 Å². The van der Waals surface area contributed by atoms with Crippen LogP contribution in [0.4, 0.5) is 17.1 Å². The van der Waals surface area contributed by atoms with Gasteiger partial charge in [0.25, 0.3) is 0 Å². The molecule has 1 atom stereocenters. The summed E-state index contributed by atoms with van der Waals surface area (Å²) in [7, 11) is 0. The second-order valence-electron chi connectivity index (χ2n) is 12.5. The zero-order valence-corrected chi connectivity index (χ0v) is 25.6. The lowest BCUT2D eigenvalue weighted by molar-refractivity contribution is 0.628. The molecule has 10 rings (SSSR count). The van der Waals surface area contributed by atoms with E-state index in [1.807, 2.05) is 0 Å². The summed E-state index contributed by atoms with van der Waals surface area (Å²) >= 11 is 0. The van der Waals surface area contributed by atoms with Crippen LogP contribution >= 0.6 is 0 Å². The maximum Gasteiger partial charge on any atom is 0.140 e. The molecule has 1 aromatic heterocycles. The number of hydrogen-bond acceptors (Lipinski definition) is 2. The third kappa shape index (κ3) is 3.61. The highest BCUT2D eigenvalue weighted by atomic mass is 16.3. The smallest absolute Gasteiger partial charge is 0.140 e. The molecule has 1 heterocycles. The Kier molecular flexibility index (Phi) is 5.53. The molecule has 2 nitrogen and oxygen atoms in total. The van der Waals surface area contributed by atoms with Crippen molar-refractivity contribution in [3.8, 4) is 33.6 Å². The first-order valence-electron chi connectivity index (χ1n) is 16.2. The van der Waals surface area contributed by atoms with Crippen molar-refractivity contribution in [1.29, 1.82) is 0 Å². The lowest BCUT2D eigenvalue weighted by Crippen LogP contribution is -2.25. The van der Waals surface area contributed by atoms with Gasteiger partial charge in [0.2, 0.25) is 0 Å². The molecule has 0 aliphatic heterocycles. The van der Waals surface area contributed by atoms with Crippen LogP contribution in [-0.2, 0) is 5.41 Å². The van der Waals surface area contributed by atoms with Gasteiger partial charge >= 0.3 is 0 Å². The van der Waals surface area contributed by atoms with Crippen LogP contribution in [0.15, 0.2) is 180 Å². The van der Waals surface area contributed by atoms with E-state index in [2.05, 4.69) is 181 Å². The maximum absolute atomic E-state index is 6.67. The molecule has 0 bridgehead atoms.